The summed E-state index contributed by atoms with van der Waals surface area (Å²) in [5, 5.41) is 0.277. The van der Waals surface area contributed by atoms with Crippen LogP contribution in [0.25, 0.3) is 0 Å². The zero-order valence-corrected chi connectivity index (χ0v) is 12.7. The summed E-state index contributed by atoms with van der Waals surface area (Å²) in [6.07, 6.45) is 1.96. The van der Waals surface area contributed by atoms with Crippen molar-refractivity contribution in [1.82, 2.24) is 4.31 Å². The molecule has 1 aromatic carbocycles. The molecule has 1 aromatic rings. The summed E-state index contributed by atoms with van der Waals surface area (Å²) in [6.45, 7) is 4.58. The van der Waals surface area contributed by atoms with Crippen LogP contribution in [0.15, 0.2) is 23.1 Å². The summed E-state index contributed by atoms with van der Waals surface area (Å²) >= 11 is 5.92. The van der Waals surface area contributed by atoms with Crippen molar-refractivity contribution in [1.29, 1.82) is 0 Å². The van der Waals surface area contributed by atoms with Gasteiger partial charge in [0.05, 0.1) is 15.6 Å². The van der Waals surface area contributed by atoms with Crippen molar-refractivity contribution in [3.8, 4) is 0 Å². The Bertz CT molecular complexity index is 574. The number of halogens is 1. The maximum atomic E-state index is 12.6. The molecule has 4 nitrogen and oxygen atoms in total. The first-order valence-corrected chi connectivity index (χ1v) is 8.21. The van der Waals surface area contributed by atoms with Gasteiger partial charge in [-0.2, -0.15) is 4.31 Å². The van der Waals surface area contributed by atoms with Crippen LogP contribution in [0.3, 0.4) is 0 Å². The molecule has 2 unspecified atom stereocenters. The number of piperidine rings is 1. The van der Waals surface area contributed by atoms with E-state index < -0.39 is 10.0 Å². The molecule has 0 spiro atoms. The molecule has 1 fully saturated rings. The van der Waals surface area contributed by atoms with E-state index in [0.29, 0.717) is 18.2 Å². The van der Waals surface area contributed by atoms with E-state index in [0.717, 1.165) is 12.8 Å². The molecule has 2 N–H and O–H groups in total. The van der Waals surface area contributed by atoms with Gasteiger partial charge in [-0.15, -0.1) is 0 Å². The maximum Gasteiger partial charge on any atom is 0.243 e. The zero-order chi connectivity index (χ0) is 14.2. The summed E-state index contributed by atoms with van der Waals surface area (Å²) in [5.41, 5.74) is 6.01. The molecule has 2 atom stereocenters. The Hall–Kier alpha value is -0.780. The molecule has 0 aromatic heterocycles. The van der Waals surface area contributed by atoms with Crippen molar-refractivity contribution in [3.05, 3.63) is 23.2 Å². The van der Waals surface area contributed by atoms with E-state index >= 15 is 0 Å². The fourth-order valence-corrected chi connectivity index (χ4v) is 4.44. The largest absolute Gasteiger partial charge is 0.398 e. The first-order chi connectivity index (χ1) is 8.82. The number of nitrogens with two attached hydrogens (primary N) is 1. The van der Waals surface area contributed by atoms with Crippen molar-refractivity contribution < 1.29 is 8.42 Å². The molecule has 0 bridgehead atoms. The van der Waals surface area contributed by atoms with Crippen LogP contribution in [0, 0.1) is 5.92 Å². The lowest BCUT2D eigenvalue weighted by molar-refractivity contribution is 0.218. The van der Waals surface area contributed by atoms with Crippen LogP contribution in [-0.2, 0) is 10.0 Å². The molecule has 106 valence electrons. The molecule has 0 aliphatic carbocycles. The van der Waals surface area contributed by atoms with Crippen LogP contribution in [0.1, 0.15) is 26.7 Å². The molecular formula is C13H19ClN2O2S. The van der Waals surface area contributed by atoms with Gasteiger partial charge in [-0.25, -0.2) is 8.42 Å². The van der Waals surface area contributed by atoms with Crippen molar-refractivity contribution in [2.75, 3.05) is 12.3 Å². The van der Waals surface area contributed by atoms with E-state index in [-0.39, 0.29) is 16.0 Å². The van der Waals surface area contributed by atoms with Gasteiger partial charge in [0.1, 0.15) is 0 Å². The van der Waals surface area contributed by atoms with E-state index in [9.17, 15) is 8.42 Å². The third-order valence-corrected chi connectivity index (χ3v) is 5.94. The zero-order valence-electron chi connectivity index (χ0n) is 11.1. The van der Waals surface area contributed by atoms with E-state index in [1.807, 2.05) is 6.92 Å². The van der Waals surface area contributed by atoms with Crippen molar-refractivity contribution in [3.63, 3.8) is 0 Å². The van der Waals surface area contributed by atoms with Crippen LogP contribution in [0.2, 0.25) is 5.02 Å². The molecule has 0 radical (unpaired) electrons. The minimum atomic E-state index is -3.49. The summed E-state index contributed by atoms with van der Waals surface area (Å²) in [6, 6.07) is 4.51. The molecule has 6 heteroatoms. The van der Waals surface area contributed by atoms with Crippen LogP contribution < -0.4 is 5.73 Å². The fourth-order valence-electron chi connectivity index (χ4n) is 2.39. The lowest BCUT2D eigenvalue weighted by atomic mass is 9.97. The molecule has 1 heterocycles. The van der Waals surface area contributed by atoms with E-state index in [1.54, 1.807) is 4.31 Å². The van der Waals surface area contributed by atoms with Gasteiger partial charge in [-0.05, 0) is 43.9 Å². The number of rotatable bonds is 2. The van der Waals surface area contributed by atoms with Gasteiger partial charge in [-0.3, -0.25) is 0 Å². The number of hydrogen-bond acceptors (Lipinski definition) is 3. The first kappa shape index (κ1) is 14.6. The Morgan fingerprint density at radius 3 is 2.63 bits per heavy atom. The second-order valence-electron chi connectivity index (χ2n) is 5.29. The van der Waals surface area contributed by atoms with Gasteiger partial charge in [0, 0.05) is 12.6 Å². The Balaban J connectivity index is 2.38. The summed E-state index contributed by atoms with van der Waals surface area (Å²) in [4.78, 5) is 0.215. The molecule has 0 saturated carbocycles. The van der Waals surface area contributed by atoms with E-state index in [4.69, 9.17) is 17.3 Å². The van der Waals surface area contributed by atoms with E-state index in [1.165, 1.54) is 18.2 Å². The highest BCUT2D eigenvalue weighted by atomic mass is 35.5. The Labute approximate surface area is 119 Å². The van der Waals surface area contributed by atoms with Crippen molar-refractivity contribution in [2.45, 2.75) is 37.6 Å². The molecule has 1 aliphatic rings. The molecule has 1 saturated heterocycles. The van der Waals surface area contributed by atoms with Gasteiger partial charge in [0.15, 0.2) is 0 Å². The van der Waals surface area contributed by atoms with Gasteiger partial charge in [-0.1, -0.05) is 18.5 Å². The minimum absolute atomic E-state index is 0.0255. The summed E-state index contributed by atoms with van der Waals surface area (Å²) in [7, 11) is -3.49. The normalized spacial score (nSPS) is 25.4. The SMILES string of the molecule is CC1CCC(C)N(S(=O)(=O)c2ccc(N)c(Cl)c2)C1. The van der Waals surface area contributed by atoms with Gasteiger partial charge < -0.3 is 5.73 Å². The number of nitrogens with zero attached hydrogens (tertiary/aromatic N) is 1. The Morgan fingerprint density at radius 1 is 1.32 bits per heavy atom. The van der Waals surface area contributed by atoms with Crippen LogP contribution in [0.5, 0.6) is 0 Å². The first-order valence-electron chi connectivity index (χ1n) is 6.39. The number of hydrogen-bond donors (Lipinski definition) is 1. The summed E-state index contributed by atoms with van der Waals surface area (Å²) in [5.74, 6) is 0.384. The topological polar surface area (TPSA) is 63.4 Å². The second kappa shape index (κ2) is 5.31. The van der Waals surface area contributed by atoms with Gasteiger partial charge in [0.25, 0.3) is 0 Å². The molecular weight excluding hydrogens is 284 g/mol. The molecule has 2 rings (SSSR count). The third kappa shape index (κ3) is 2.88. The lowest BCUT2D eigenvalue weighted by Gasteiger charge is -2.35. The molecule has 0 amide bonds. The van der Waals surface area contributed by atoms with Crippen molar-refractivity contribution in [2.24, 2.45) is 5.92 Å². The minimum Gasteiger partial charge on any atom is -0.398 e. The maximum absolute atomic E-state index is 12.6. The van der Waals surface area contributed by atoms with Crippen LogP contribution >= 0.6 is 11.6 Å². The van der Waals surface area contributed by atoms with Crippen LogP contribution in [0.4, 0.5) is 5.69 Å². The smallest absolute Gasteiger partial charge is 0.243 e. The average Bonchev–Trinajstić information content (AvgIpc) is 2.35. The number of nitrogen functional groups attached to an aromatic ring is 1. The highest BCUT2D eigenvalue weighted by molar-refractivity contribution is 7.89. The van der Waals surface area contributed by atoms with Crippen molar-refractivity contribution >= 4 is 27.3 Å². The highest BCUT2D eigenvalue weighted by Crippen LogP contribution is 2.30. The van der Waals surface area contributed by atoms with E-state index in [2.05, 4.69) is 6.92 Å². The number of anilines is 1. The Morgan fingerprint density at radius 2 is 2.00 bits per heavy atom. The quantitative estimate of drug-likeness (QED) is 0.854. The second-order valence-corrected chi connectivity index (χ2v) is 7.59. The Kier molecular flexibility index (Phi) is 4.08. The molecule has 19 heavy (non-hydrogen) atoms. The predicted molar refractivity (Wildman–Crippen MR) is 77.6 cm³/mol. The molecule has 1 aliphatic heterocycles. The third-order valence-electron chi connectivity index (χ3n) is 3.64. The highest BCUT2D eigenvalue weighted by Gasteiger charge is 2.33. The lowest BCUT2D eigenvalue weighted by Crippen LogP contribution is -2.44. The average molecular weight is 303 g/mol. The predicted octanol–water partition coefficient (Wildman–Crippen LogP) is 2.73. The van der Waals surface area contributed by atoms with Gasteiger partial charge in [0.2, 0.25) is 10.0 Å². The standard InChI is InChI=1S/C13H19ClN2O2S/c1-9-3-4-10(2)16(8-9)19(17,18)11-5-6-13(15)12(14)7-11/h5-7,9-10H,3-4,8,15H2,1-2H3. The van der Waals surface area contributed by atoms with Gasteiger partial charge >= 0.3 is 0 Å². The fraction of sp³-hybridized carbons (Fsp3) is 0.538. The van der Waals surface area contributed by atoms with Crippen LogP contribution in [-0.4, -0.2) is 25.3 Å². The summed E-state index contributed by atoms with van der Waals surface area (Å²) < 4.78 is 26.8. The number of benzene rings is 1. The number of sulfonamides is 1. The monoisotopic (exact) mass is 302 g/mol.